The summed E-state index contributed by atoms with van der Waals surface area (Å²) in [5.41, 5.74) is 1.32. The molecule has 1 atom stereocenters. The van der Waals surface area contributed by atoms with Crippen LogP contribution in [0.3, 0.4) is 0 Å². The van der Waals surface area contributed by atoms with E-state index < -0.39 is 5.41 Å². The maximum atomic E-state index is 13.2. The molecule has 150 valence electrons. The van der Waals surface area contributed by atoms with Crippen molar-refractivity contribution in [3.63, 3.8) is 0 Å². The highest BCUT2D eigenvalue weighted by atomic mass is 79.9. The molecule has 0 aromatic heterocycles. The number of carbonyl (C=O) groups excluding carboxylic acids is 2. The van der Waals surface area contributed by atoms with Gasteiger partial charge in [0.15, 0.2) is 0 Å². The summed E-state index contributed by atoms with van der Waals surface area (Å²) in [6.07, 6.45) is 4.60. The van der Waals surface area contributed by atoms with Gasteiger partial charge in [-0.1, -0.05) is 38.4 Å². The number of ether oxygens (including phenoxy) is 1. The average molecular weight is 467 g/mol. The van der Waals surface area contributed by atoms with Crippen LogP contribution in [0, 0.1) is 11.3 Å². The Morgan fingerprint density at radius 3 is 2.46 bits per heavy atom. The molecule has 1 aliphatic heterocycles. The number of hydrogen-bond donors (Lipinski definition) is 0. The number of hydrogen-bond acceptors (Lipinski definition) is 3. The second kappa shape index (κ2) is 6.33. The topological polar surface area (TPSA) is 46.6 Å². The molecule has 3 aliphatic carbocycles. The molecule has 1 aromatic carbocycles. The van der Waals surface area contributed by atoms with E-state index >= 15 is 0 Å². The Labute approximate surface area is 179 Å². The number of halogens is 2. The molecule has 0 spiro atoms. The monoisotopic (exact) mass is 465 g/mol. The first-order valence-corrected chi connectivity index (χ1v) is 10.8. The van der Waals surface area contributed by atoms with Crippen LogP contribution in [0.2, 0.25) is 5.02 Å². The molecule has 1 heterocycles. The van der Waals surface area contributed by atoms with Gasteiger partial charge in [0, 0.05) is 22.5 Å². The van der Waals surface area contributed by atoms with Gasteiger partial charge in [-0.2, -0.15) is 0 Å². The Kier molecular flexibility index (Phi) is 4.51. The molecule has 5 rings (SSSR count). The Balaban J connectivity index is 1.68. The molecule has 4 nitrogen and oxygen atoms in total. The van der Waals surface area contributed by atoms with Crippen LogP contribution < -0.4 is 0 Å². The summed E-state index contributed by atoms with van der Waals surface area (Å²) in [7, 11) is 1.44. The molecule has 0 saturated heterocycles. The van der Waals surface area contributed by atoms with Crippen LogP contribution in [0.25, 0.3) is 0 Å². The van der Waals surface area contributed by atoms with E-state index in [9.17, 15) is 9.59 Å². The van der Waals surface area contributed by atoms with Gasteiger partial charge in [0.25, 0.3) is 0 Å². The third kappa shape index (κ3) is 2.62. The lowest BCUT2D eigenvalue weighted by atomic mass is 9.38. The van der Waals surface area contributed by atoms with Crippen molar-refractivity contribution in [1.82, 2.24) is 4.90 Å². The predicted octanol–water partition coefficient (Wildman–Crippen LogP) is 5.23. The number of allylic oxidation sites excluding steroid dienone is 1. The maximum Gasteiger partial charge on any atom is 0.312 e. The van der Waals surface area contributed by atoms with Gasteiger partial charge < -0.3 is 9.64 Å². The van der Waals surface area contributed by atoms with Crippen LogP contribution >= 0.6 is 27.5 Å². The standard InChI is InChI=1S/C22H25BrClNO3/c1-13(2)15-9-25(22-10-21(11-22,12-22)19(27)28-4)18(26)8-20(15,3)14-5-6-16(23)17(24)7-14/h5-7,9,13H,8,10-12H2,1-4H3/t20-,21?,22?/m0/s1. The highest BCUT2D eigenvalue weighted by Gasteiger charge is 2.75. The van der Waals surface area contributed by atoms with Crippen molar-refractivity contribution >= 4 is 39.4 Å². The number of nitrogens with zero attached hydrogens (tertiary/aromatic N) is 1. The summed E-state index contributed by atoms with van der Waals surface area (Å²) >= 11 is 9.80. The third-order valence-corrected chi connectivity index (χ3v) is 8.22. The molecule has 0 N–H and O–H groups in total. The number of methoxy groups -OCH3 is 1. The van der Waals surface area contributed by atoms with Crippen LogP contribution in [-0.2, 0) is 19.7 Å². The smallest absolute Gasteiger partial charge is 0.312 e. The molecule has 2 bridgehead atoms. The molecule has 1 aromatic rings. The quantitative estimate of drug-likeness (QED) is 0.571. The summed E-state index contributed by atoms with van der Waals surface area (Å²) in [4.78, 5) is 27.2. The van der Waals surface area contributed by atoms with E-state index in [0.29, 0.717) is 30.7 Å². The molecule has 4 aliphatic rings. The normalized spacial score (nSPS) is 33.9. The minimum Gasteiger partial charge on any atom is -0.469 e. The molecule has 0 unspecified atom stereocenters. The molecule has 3 saturated carbocycles. The Morgan fingerprint density at radius 2 is 1.93 bits per heavy atom. The van der Waals surface area contributed by atoms with Gasteiger partial charge >= 0.3 is 5.97 Å². The van der Waals surface area contributed by atoms with Crippen LogP contribution in [0.5, 0.6) is 0 Å². The lowest BCUT2D eigenvalue weighted by Gasteiger charge is -2.71. The van der Waals surface area contributed by atoms with Crippen molar-refractivity contribution in [2.45, 2.75) is 57.4 Å². The minimum absolute atomic E-state index is 0.115. The van der Waals surface area contributed by atoms with Crippen molar-refractivity contribution in [2.75, 3.05) is 7.11 Å². The fourth-order valence-corrected chi connectivity index (χ4v) is 5.99. The fraction of sp³-hybridized carbons (Fsp3) is 0.545. The Hall–Kier alpha value is -1.33. The first-order valence-electron chi connectivity index (χ1n) is 9.65. The third-order valence-electron chi connectivity index (χ3n) is 6.99. The van der Waals surface area contributed by atoms with Crippen LogP contribution in [0.4, 0.5) is 0 Å². The molecule has 6 heteroatoms. The Morgan fingerprint density at radius 1 is 1.29 bits per heavy atom. The zero-order chi connectivity index (χ0) is 20.5. The average Bonchev–Trinajstić information content (AvgIpc) is 2.56. The maximum absolute atomic E-state index is 13.2. The van der Waals surface area contributed by atoms with Gasteiger partial charge in [-0.15, -0.1) is 0 Å². The molecule has 3 fully saturated rings. The van der Waals surface area contributed by atoms with Crippen molar-refractivity contribution in [1.29, 1.82) is 0 Å². The van der Waals surface area contributed by atoms with Crippen LogP contribution in [0.15, 0.2) is 34.4 Å². The summed E-state index contributed by atoms with van der Waals surface area (Å²) in [6, 6.07) is 5.94. The lowest BCUT2D eigenvalue weighted by molar-refractivity contribution is -0.226. The van der Waals surface area contributed by atoms with E-state index in [4.69, 9.17) is 16.3 Å². The van der Waals surface area contributed by atoms with E-state index in [2.05, 4.69) is 42.9 Å². The number of amides is 1. The van der Waals surface area contributed by atoms with Crippen LogP contribution in [0.1, 0.15) is 52.0 Å². The van der Waals surface area contributed by atoms with Gasteiger partial charge in [-0.05, 0) is 64.4 Å². The molecular formula is C22H25BrClNO3. The zero-order valence-electron chi connectivity index (χ0n) is 16.6. The predicted molar refractivity (Wildman–Crippen MR) is 112 cm³/mol. The van der Waals surface area contributed by atoms with Gasteiger partial charge in [0.2, 0.25) is 5.91 Å². The summed E-state index contributed by atoms with van der Waals surface area (Å²) in [5.74, 6) is 0.260. The lowest BCUT2D eigenvalue weighted by Crippen LogP contribution is -2.77. The van der Waals surface area contributed by atoms with E-state index in [1.165, 1.54) is 12.7 Å². The highest BCUT2D eigenvalue weighted by molar-refractivity contribution is 9.10. The molecule has 1 amide bonds. The van der Waals surface area contributed by atoms with Crippen molar-refractivity contribution < 1.29 is 14.3 Å². The number of esters is 1. The summed E-state index contributed by atoms with van der Waals surface area (Å²) < 4.78 is 5.80. The van der Waals surface area contributed by atoms with Gasteiger partial charge in [-0.3, -0.25) is 9.59 Å². The molecule has 0 radical (unpaired) electrons. The van der Waals surface area contributed by atoms with Crippen molar-refractivity contribution in [3.8, 4) is 0 Å². The van der Waals surface area contributed by atoms with Crippen molar-refractivity contribution in [2.24, 2.45) is 11.3 Å². The first kappa shape index (κ1) is 20.0. The number of benzene rings is 1. The van der Waals surface area contributed by atoms with E-state index in [-0.39, 0.29) is 28.7 Å². The second-order valence-electron chi connectivity index (χ2n) is 9.17. The largest absolute Gasteiger partial charge is 0.469 e. The zero-order valence-corrected chi connectivity index (χ0v) is 19.0. The van der Waals surface area contributed by atoms with Crippen molar-refractivity contribution in [3.05, 3.63) is 45.0 Å². The fourth-order valence-electron chi connectivity index (χ4n) is 5.56. The van der Waals surface area contributed by atoms with Gasteiger partial charge in [0.05, 0.1) is 23.1 Å². The van der Waals surface area contributed by atoms with E-state index in [1.807, 2.05) is 23.1 Å². The summed E-state index contributed by atoms with van der Waals surface area (Å²) in [6.45, 7) is 6.46. The molecule has 28 heavy (non-hydrogen) atoms. The molecular weight excluding hydrogens is 442 g/mol. The van der Waals surface area contributed by atoms with E-state index in [0.717, 1.165) is 10.0 Å². The van der Waals surface area contributed by atoms with Crippen LogP contribution in [-0.4, -0.2) is 29.4 Å². The second-order valence-corrected chi connectivity index (χ2v) is 10.4. The van der Waals surface area contributed by atoms with Gasteiger partial charge in [-0.25, -0.2) is 0 Å². The Bertz CT molecular complexity index is 889. The van der Waals surface area contributed by atoms with E-state index in [1.54, 1.807) is 0 Å². The van der Waals surface area contributed by atoms with Gasteiger partial charge in [0.1, 0.15) is 0 Å². The first-order chi connectivity index (χ1) is 13.1. The minimum atomic E-state index is -0.393. The highest BCUT2D eigenvalue weighted by Crippen LogP contribution is 2.71. The number of carbonyl (C=O) groups is 2. The SMILES string of the molecule is COC(=O)C12CC(N3C=C(C(C)C)[C@](C)(c4ccc(Br)c(Cl)c4)CC3=O)(C1)C2. The summed E-state index contributed by atoms with van der Waals surface area (Å²) in [5, 5.41) is 0.649. The number of rotatable bonds is 4.